The van der Waals surface area contributed by atoms with Gasteiger partial charge >= 0.3 is 0 Å². The van der Waals surface area contributed by atoms with E-state index in [1.165, 1.54) is 0 Å². The van der Waals surface area contributed by atoms with Gasteiger partial charge in [-0.05, 0) is 31.0 Å². The first-order chi connectivity index (χ1) is 12.3. The molecule has 2 bridgehead atoms. The normalized spacial score (nSPS) is 22.6. The van der Waals surface area contributed by atoms with Crippen molar-refractivity contribution >= 4 is 22.8 Å². The number of piperazine rings is 1. The first-order valence-electron chi connectivity index (χ1n) is 8.58. The average molecular weight is 334 g/mol. The predicted molar refractivity (Wildman–Crippen MR) is 93.3 cm³/mol. The zero-order chi connectivity index (χ0) is 16.8. The summed E-state index contributed by atoms with van der Waals surface area (Å²) < 4.78 is 0. The fourth-order valence-electron chi connectivity index (χ4n) is 4.14. The van der Waals surface area contributed by atoms with Crippen LogP contribution in [0.15, 0.2) is 43.0 Å². The van der Waals surface area contributed by atoms with Crippen molar-refractivity contribution in [2.75, 3.05) is 18.0 Å². The lowest BCUT2D eigenvalue weighted by Gasteiger charge is -2.41. The number of nitrogens with one attached hydrogen (secondary N) is 1. The zero-order valence-electron chi connectivity index (χ0n) is 13.7. The molecule has 2 unspecified atom stereocenters. The Morgan fingerprint density at radius 1 is 1.08 bits per heavy atom. The molecule has 126 valence electrons. The van der Waals surface area contributed by atoms with Gasteiger partial charge in [0.15, 0.2) is 0 Å². The van der Waals surface area contributed by atoms with Crippen LogP contribution in [0.1, 0.15) is 23.3 Å². The summed E-state index contributed by atoms with van der Waals surface area (Å²) in [7, 11) is 0. The van der Waals surface area contributed by atoms with Crippen LogP contribution in [-0.2, 0) is 0 Å². The van der Waals surface area contributed by atoms with Gasteiger partial charge in [0.2, 0.25) is 0 Å². The third-order valence-corrected chi connectivity index (χ3v) is 5.23. The number of hydrogen-bond donors (Lipinski definition) is 1. The number of fused-ring (bicyclic) bond motifs is 3. The van der Waals surface area contributed by atoms with Crippen molar-refractivity contribution in [3.05, 3.63) is 48.7 Å². The van der Waals surface area contributed by atoms with E-state index >= 15 is 0 Å². The molecule has 3 aromatic heterocycles. The third kappa shape index (κ3) is 2.26. The number of carbonyl (C=O) groups excluding carboxylic acids is 1. The maximum atomic E-state index is 12.9. The Morgan fingerprint density at radius 3 is 2.68 bits per heavy atom. The van der Waals surface area contributed by atoms with E-state index in [9.17, 15) is 4.79 Å². The highest BCUT2D eigenvalue weighted by molar-refractivity contribution is 5.93. The Morgan fingerprint density at radius 2 is 1.92 bits per heavy atom. The van der Waals surface area contributed by atoms with Gasteiger partial charge in [-0.1, -0.05) is 6.07 Å². The molecule has 2 aliphatic rings. The van der Waals surface area contributed by atoms with Crippen molar-refractivity contribution in [1.29, 1.82) is 0 Å². The molecule has 25 heavy (non-hydrogen) atoms. The summed E-state index contributed by atoms with van der Waals surface area (Å²) in [6.45, 7) is 1.60. The monoisotopic (exact) mass is 334 g/mol. The molecule has 0 spiro atoms. The van der Waals surface area contributed by atoms with Crippen LogP contribution in [0.25, 0.3) is 11.0 Å². The molecular weight excluding hydrogens is 316 g/mol. The number of aromatic amines is 1. The van der Waals surface area contributed by atoms with Gasteiger partial charge in [0.25, 0.3) is 5.91 Å². The summed E-state index contributed by atoms with van der Waals surface area (Å²) in [5.74, 6) is 0.996. The highest BCUT2D eigenvalue weighted by atomic mass is 16.2. The van der Waals surface area contributed by atoms with Crippen LogP contribution >= 0.6 is 0 Å². The van der Waals surface area contributed by atoms with Crippen molar-refractivity contribution < 1.29 is 4.79 Å². The molecule has 2 saturated heterocycles. The minimum atomic E-state index is 0.0437. The van der Waals surface area contributed by atoms with Crippen LogP contribution in [0.3, 0.4) is 0 Å². The smallest absolute Gasteiger partial charge is 0.273 e. The number of pyridine rings is 1. The van der Waals surface area contributed by atoms with Crippen LogP contribution in [0.4, 0.5) is 5.82 Å². The van der Waals surface area contributed by atoms with Crippen molar-refractivity contribution in [3.8, 4) is 0 Å². The minimum Gasteiger partial charge on any atom is -0.352 e. The molecule has 5 rings (SSSR count). The van der Waals surface area contributed by atoms with E-state index in [0.29, 0.717) is 5.69 Å². The summed E-state index contributed by atoms with van der Waals surface area (Å²) >= 11 is 0. The summed E-state index contributed by atoms with van der Waals surface area (Å²) in [4.78, 5) is 33.4. The molecule has 0 radical (unpaired) electrons. The molecule has 2 atom stereocenters. The summed E-state index contributed by atoms with van der Waals surface area (Å²) in [5, 5.41) is 1.03. The van der Waals surface area contributed by atoms with Crippen LogP contribution in [0.2, 0.25) is 0 Å². The SMILES string of the molecule is O=C(c1ccccn1)N1C2CCC1CN(c1ncnc3[nH]ccc13)C2. The number of hydrogen-bond acceptors (Lipinski definition) is 5. The second-order valence-corrected chi connectivity index (χ2v) is 6.65. The van der Waals surface area contributed by atoms with Gasteiger partial charge in [0.1, 0.15) is 23.5 Å². The van der Waals surface area contributed by atoms with Crippen molar-refractivity contribution in [1.82, 2.24) is 24.8 Å². The Labute approximate surface area is 144 Å². The van der Waals surface area contributed by atoms with Gasteiger partial charge in [-0.3, -0.25) is 9.78 Å². The second-order valence-electron chi connectivity index (χ2n) is 6.65. The van der Waals surface area contributed by atoms with E-state index in [0.717, 1.165) is 42.8 Å². The largest absolute Gasteiger partial charge is 0.352 e. The van der Waals surface area contributed by atoms with Crippen LogP contribution in [0, 0.1) is 0 Å². The quantitative estimate of drug-likeness (QED) is 0.774. The fraction of sp³-hybridized carbons (Fsp3) is 0.333. The summed E-state index contributed by atoms with van der Waals surface area (Å²) in [6, 6.07) is 7.91. The molecule has 3 aromatic rings. The van der Waals surface area contributed by atoms with Crippen LogP contribution < -0.4 is 4.90 Å². The van der Waals surface area contributed by atoms with Gasteiger partial charge in [-0.15, -0.1) is 0 Å². The van der Waals surface area contributed by atoms with Gasteiger partial charge < -0.3 is 14.8 Å². The molecule has 2 fully saturated rings. The zero-order valence-corrected chi connectivity index (χ0v) is 13.7. The Hall–Kier alpha value is -2.96. The third-order valence-electron chi connectivity index (χ3n) is 5.23. The number of H-pyrrole nitrogens is 1. The van der Waals surface area contributed by atoms with E-state index in [-0.39, 0.29) is 18.0 Å². The van der Waals surface area contributed by atoms with Gasteiger partial charge in [-0.25, -0.2) is 9.97 Å². The number of aromatic nitrogens is 4. The van der Waals surface area contributed by atoms with Crippen molar-refractivity contribution in [2.24, 2.45) is 0 Å². The van der Waals surface area contributed by atoms with Crippen LogP contribution in [-0.4, -0.2) is 55.9 Å². The number of carbonyl (C=O) groups is 1. The molecule has 1 amide bonds. The highest BCUT2D eigenvalue weighted by Crippen LogP contribution is 2.34. The summed E-state index contributed by atoms with van der Waals surface area (Å²) in [6.07, 6.45) is 7.22. The van der Waals surface area contributed by atoms with Crippen LogP contribution in [0.5, 0.6) is 0 Å². The lowest BCUT2D eigenvalue weighted by molar-refractivity contribution is 0.0635. The number of anilines is 1. The van der Waals surface area contributed by atoms with E-state index in [1.54, 1.807) is 18.6 Å². The maximum absolute atomic E-state index is 12.9. The molecule has 0 aromatic carbocycles. The summed E-state index contributed by atoms with van der Waals surface area (Å²) in [5.41, 5.74) is 1.38. The van der Waals surface area contributed by atoms with Gasteiger partial charge in [0, 0.05) is 25.5 Å². The molecule has 5 heterocycles. The second kappa shape index (κ2) is 5.54. The number of nitrogens with zero attached hydrogens (tertiary/aromatic N) is 5. The molecule has 2 aliphatic heterocycles. The molecule has 0 saturated carbocycles. The maximum Gasteiger partial charge on any atom is 0.273 e. The minimum absolute atomic E-state index is 0.0437. The number of amides is 1. The van der Waals surface area contributed by atoms with Gasteiger partial charge in [-0.2, -0.15) is 0 Å². The standard InChI is InChI=1S/C18H18N6O/c25-18(15-3-1-2-7-19-15)24-12-4-5-13(24)10-23(9-12)17-14-6-8-20-16(14)21-11-22-17/h1-3,6-8,11-13H,4-5,9-10H2,(H,20,21,22). The lowest BCUT2D eigenvalue weighted by atomic mass is 10.1. The Bertz CT molecular complexity index is 909. The van der Waals surface area contributed by atoms with Crippen molar-refractivity contribution in [2.45, 2.75) is 24.9 Å². The van der Waals surface area contributed by atoms with E-state index in [1.807, 2.05) is 29.3 Å². The Balaban J connectivity index is 1.44. The Kier molecular flexibility index (Phi) is 3.19. The molecule has 7 heteroatoms. The van der Waals surface area contributed by atoms with E-state index < -0.39 is 0 Å². The first kappa shape index (κ1) is 14.4. The van der Waals surface area contributed by atoms with Crippen molar-refractivity contribution in [3.63, 3.8) is 0 Å². The van der Waals surface area contributed by atoms with E-state index in [4.69, 9.17) is 0 Å². The molecular formula is C18H18N6O. The first-order valence-corrected chi connectivity index (χ1v) is 8.58. The fourth-order valence-corrected chi connectivity index (χ4v) is 4.14. The average Bonchev–Trinajstić information content (AvgIpc) is 3.23. The van der Waals surface area contributed by atoms with E-state index in [2.05, 4.69) is 24.8 Å². The highest BCUT2D eigenvalue weighted by Gasteiger charge is 2.43. The topological polar surface area (TPSA) is 78.0 Å². The molecule has 0 aliphatic carbocycles. The molecule has 7 nitrogen and oxygen atoms in total. The molecule has 1 N–H and O–H groups in total. The van der Waals surface area contributed by atoms with Gasteiger partial charge in [0.05, 0.1) is 17.5 Å². The lowest BCUT2D eigenvalue weighted by Crippen LogP contribution is -2.56. The predicted octanol–water partition coefficient (Wildman–Crippen LogP) is 1.85. The number of rotatable bonds is 2.